The van der Waals surface area contributed by atoms with Gasteiger partial charge in [0.15, 0.2) is 5.65 Å². The van der Waals surface area contributed by atoms with Crippen LogP contribution >= 0.6 is 12.4 Å². The Morgan fingerprint density at radius 3 is 2.94 bits per heavy atom. The third-order valence-corrected chi connectivity index (χ3v) is 3.01. The number of nitrogens with zero attached hydrogens (tertiary/aromatic N) is 4. The molecule has 16 heavy (non-hydrogen) atoms. The molecule has 6 heteroatoms. The van der Waals surface area contributed by atoms with Crippen LogP contribution < -0.4 is 0 Å². The van der Waals surface area contributed by atoms with E-state index in [0.29, 0.717) is 6.04 Å². The fraction of sp³-hybridized carbons (Fsp3) is 0.500. The van der Waals surface area contributed by atoms with Gasteiger partial charge in [0.1, 0.15) is 11.8 Å². The summed E-state index contributed by atoms with van der Waals surface area (Å²) in [6, 6.07) is 0.333. The van der Waals surface area contributed by atoms with E-state index in [1.54, 1.807) is 12.5 Å². The summed E-state index contributed by atoms with van der Waals surface area (Å²) in [5.74, 6) is 0. The number of aliphatic hydroxyl groups is 1. The molecule has 5 nitrogen and oxygen atoms in total. The van der Waals surface area contributed by atoms with Crippen LogP contribution in [-0.4, -0.2) is 30.7 Å². The molecule has 2 atom stereocenters. The first-order valence-corrected chi connectivity index (χ1v) is 5.15. The Hall–Kier alpha value is -1.20. The van der Waals surface area contributed by atoms with Crippen LogP contribution in [0.1, 0.15) is 25.3 Å². The van der Waals surface area contributed by atoms with E-state index in [1.807, 2.05) is 4.57 Å². The van der Waals surface area contributed by atoms with E-state index in [2.05, 4.69) is 15.0 Å². The molecule has 2 aromatic heterocycles. The average molecular weight is 241 g/mol. The van der Waals surface area contributed by atoms with Gasteiger partial charge in [-0.15, -0.1) is 12.4 Å². The van der Waals surface area contributed by atoms with Crippen LogP contribution in [0.4, 0.5) is 0 Å². The number of hydrogen-bond acceptors (Lipinski definition) is 4. The van der Waals surface area contributed by atoms with Crippen molar-refractivity contribution in [3.63, 3.8) is 0 Å². The Kier molecular flexibility index (Phi) is 3.07. The van der Waals surface area contributed by atoms with Crippen molar-refractivity contribution in [2.75, 3.05) is 0 Å². The number of aliphatic hydroxyl groups excluding tert-OH is 1. The van der Waals surface area contributed by atoms with E-state index in [1.165, 1.54) is 6.33 Å². The van der Waals surface area contributed by atoms with Crippen LogP contribution in [0.3, 0.4) is 0 Å². The lowest BCUT2D eigenvalue weighted by molar-refractivity contribution is 0.178. The molecule has 0 bridgehead atoms. The Bertz CT molecular complexity index is 486. The SMILES string of the molecule is Cl.OC1CCC(n2cnc3cncnc32)C1. The molecule has 1 N–H and O–H groups in total. The van der Waals surface area contributed by atoms with E-state index in [0.717, 1.165) is 30.4 Å². The first kappa shape index (κ1) is 11.3. The van der Waals surface area contributed by atoms with Crippen LogP contribution in [-0.2, 0) is 0 Å². The molecule has 0 radical (unpaired) electrons. The van der Waals surface area contributed by atoms with Gasteiger partial charge in [0, 0.05) is 6.04 Å². The van der Waals surface area contributed by atoms with Crippen molar-refractivity contribution < 1.29 is 5.11 Å². The first-order valence-electron chi connectivity index (χ1n) is 5.15. The molecule has 2 heterocycles. The van der Waals surface area contributed by atoms with Gasteiger partial charge in [0.05, 0.1) is 18.6 Å². The fourth-order valence-electron chi connectivity index (χ4n) is 2.24. The van der Waals surface area contributed by atoms with Crippen LogP contribution in [0.25, 0.3) is 11.2 Å². The molecule has 2 aromatic rings. The van der Waals surface area contributed by atoms with Crippen LogP contribution in [0.5, 0.6) is 0 Å². The molecule has 3 rings (SSSR count). The summed E-state index contributed by atoms with van der Waals surface area (Å²) >= 11 is 0. The molecule has 1 saturated carbocycles. The van der Waals surface area contributed by atoms with Crippen molar-refractivity contribution in [3.8, 4) is 0 Å². The maximum atomic E-state index is 9.50. The van der Waals surface area contributed by atoms with Crippen molar-refractivity contribution in [1.82, 2.24) is 19.5 Å². The van der Waals surface area contributed by atoms with Gasteiger partial charge in [0.2, 0.25) is 0 Å². The molecule has 0 spiro atoms. The second-order valence-electron chi connectivity index (χ2n) is 4.00. The lowest BCUT2D eigenvalue weighted by atomic mass is 10.2. The highest BCUT2D eigenvalue weighted by Crippen LogP contribution is 2.31. The third-order valence-electron chi connectivity index (χ3n) is 3.01. The lowest BCUT2D eigenvalue weighted by Gasteiger charge is -2.11. The number of halogens is 1. The van der Waals surface area contributed by atoms with Gasteiger partial charge in [-0.2, -0.15) is 0 Å². The van der Waals surface area contributed by atoms with Crippen molar-refractivity contribution in [2.24, 2.45) is 0 Å². The highest BCUT2D eigenvalue weighted by molar-refractivity contribution is 5.85. The van der Waals surface area contributed by atoms with Gasteiger partial charge < -0.3 is 9.67 Å². The predicted molar refractivity (Wildman–Crippen MR) is 61.5 cm³/mol. The lowest BCUT2D eigenvalue weighted by Crippen LogP contribution is -2.06. The topological polar surface area (TPSA) is 63.8 Å². The highest BCUT2D eigenvalue weighted by Gasteiger charge is 2.25. The number of rotatable bonds is 1. The molecule has 0 amide bonds. The molecule has 0 aliphatic heterocycles. The molecule has 1 fully saturated rings. The van der Waals surface area contributed by atoms with E-state index in [4.69, 9.17) is 0 Å². The van der Waals surface area contributed by atoms with Crippen LogP contribution in [0.15, 0.2) is 18.9 Å². The normalized spacial score (nSPS) is 24.6. The summed E-state index contributed by atoms with van der Waals surface area (Å²) in [4.78, 5) is 12.4. The monoisotopic (exact) mass is 240 g/mol. The third kappa shape index (κ3) is 1.76. The zero-order chi connectivity index (χ0) is 10.3. The van der Waals surface area contributed by atoms with E-state index < -0.39 is 0 Å². The quantitative estimate of drug-likeness (QED) is 0.817. The largest absolute Gasteiger partial charge is 0.393 e. The van der Waals surface area contributed by atoms with Crippen LogP contribution in [0, 0.1) is 0 Å². The number of fused-ring (bicyclic) bond motifs is 1. The summed E-state index contributed by atoms with van der Waals surface area (Å²) in [5, 5.41) is 9.50. The summed E-state index contributed by atoms with van der Waals surface area (Å²) in [5.41, 5.74) is 1.68. The second-order valence-corrected chi connectivity index (χ2v) is 4.00. The van der Waals surface area contributed by atoms with Gasteiger partial charge in [-0.05, 0) is 19.3 Å². The van der Waals surface area contributed by atoms with E-state index in [-0.39, 0.29) is 18.5 Å². The smallest absolute Gasteiger partial charge is 0.163 e. The summed E-state index contributed by atoms with van der Waals surface area (Å²) in [6.07, 6.45) is 7.54. The minimum absolute atomic E-state index is 0. The summed E-state index contributed by atoms with van der Waals surface area (Å²) < 4.78 is 2.05. The van der Waals surface area contributed by atoms with E-state index >= 15 is 0 Å². The van der Waals surface area contributed by atoms with Gasteiger partial charge in [-0.3, -0.25) is 0 Å². The van der Waals surface area contributed by atoms with Crippen LogP contribution in [0.2, 0.25) is 0 Å². The maximum absolute atomic E-state index is 9.50. The minimum atomic E-state index is -0.172. The van der Waals surface area contributed by atoms with Gasteiger partial charge >= 0.3 is 0 Å². The summed E-state index contributed by atoms with van der Waals surface area (Å²) in [7, 11) is 0. The van der Waals surface area contributed by atoms with Gasteiger partial charge in [-0.1, -0.05) is 0 Å². The standard InChI is InChI=1S/C10H12N4O.ClH/c15-8-2-1-7(3-8)14-6-13-9-4-11-5-12-10(9)14;/h4-8,15H,1-3H2;1H. The Morgan fingerprint density at radius 2 is 2.19 bits per heavy atom. The Morgan fingerprint density at radius 1 is 1.31 bits per heavy atom. The maximum Gasteiger partial charge on any atom is 0.163 e. The molecular weight excluding hydrogens is 228 g/mol. The number of imidazole rings is 1. The Balaban J connectivity index is 0.000000963. The Labute approximate surface area is 99.0 Å². The average Bonchev–Trinajstić information content (AvgIpc) is 2.83. The molecular formula is C10H13ClN4O. The van der Waals surface area contributed by atoms with Crippen molar-refractivity contribution in [3.05, 3.63) is 18.9 Å². The fourth-order valence-corrected chi connectivity index (χ4v) is 2.24. The van der Waals surface area contributed by atoms with Crippen molar-refractivity contribution >= 4 is 23.6 Å². The van der Waals surface area contributed by atoms with Gasteiger partial charge in [0.25, 0.3) is 0 Å². The molecule has 86 valence electrons. The molecule has 1 aliphatic carbocycles. The zero-order valence-electron chi connectivity index (χ0n) is 8.65. The zero-order valence-corrected chi connectivity index (χ0v) is 9.47. The van der Waals surface area contributed by atoms with Crippen molar-refractivity contribution in [2.45, 2.75) is 31.4 Å². The van der Waals surface area contributed by atoms with E-state index in [9.17, 15) is 5.11 Å². The minimum Gasteiger partial charge on any atom is -0.393 e. The molecule has 0 aromatic carbocycles. The van der Waals surface area contributed by atoms with Gasteiger partial charge in [-0.25, -0.2) is 15.0 Å². The first-order chi connectivity index (χ1) is 7.34. The highest BCUT2D eigenvalue weighted by atomic mass is 35.5. The molecule has 1 aliphatic rings. The van der Waals surface area contributed by atoms with Crippen molar-refractivity contribution in [1.29, 1.82) is 0 Å². The number of hydrogen-bond donors (Lipinski definition) is 1. The second kappa shape index (κ2) is 4.35. The molecule has 2 unspecified atom stereocenters. The number of aromatic nitrogens is 4. The molecule has 0 saturated heterocycles. The predicted octanol–water partition coefficient (Wildman–Crippen LogP) is 1.33. The summed E-state index contributed by atoms with van der Waals surface area (Å²) in [6.45, 7) is 0.